The van der Waals surface area contributed by atoms with Crippen molar-refractivity contribution in [1.29, 1.82) is 0 Å². The first kappa shape index (κ1) is 19.7. The van der Waals surface area contributed by atoms with Gasteiger partial charge in [0.1, 0.15) is 16.3 Å². The molecule has 1 aromatic carbocycles. The number of pyridine rings is 1. The first-order valence-electron chi connectivity index (χ1n) is 8.23. The van der Waals surface area contributed by atoms with Crippen LogP contribution >= 0.6 is 0 Å². The van der Waals surface area contributed by atoms with Crippen molar-refractivity contribution in [2.75, 3.05) is 18.4 Å². The predicted octanol–water partition coefficient (Wildman–Crippen LogP) is 2.76. The Bertz CT molecular complexity index is 882. The maximum absolute atomic E-state index is 12.9. The third-order valence-electron chi connectivity index (χ3n) is 3.83. The molecule has 0 spiro atoms. The molecule has 140 valence electrons. The third-order valence-corrected chi connectivity index (χ3v) is 5.25. The van der Waals surface area contributed by atoms with Gasteiger partial charge in [0, 0.05) is 25.4 Å². The highest BCUT2D eigenvalue weighted by molar-refractivity contribution is 7.92. The predicted molar refractivity (Wildman–Crippen MR) is 99.9 cm³/mol. The monoisotopic (exact) mass is 377 g/mol. The standard InChI is InChI=1S/C18H23N3O4S/c1-5-25-16-10-11-19-12-15(16)20-26(23,24)17-9-7-6-8-14(17)18(22)21(4)13(2)3/h6-13,20H,5H2,1-4H3. The maximum atomic E-state index is 12.9. The van der Waals surface area contributed by atoms with Crippen molar-refractivity contribution in [3.8, 4) is 5.75 Å². The van der Waals surface area contributed by atoms with Crippen molar-refractivity contribution in [1.82, 2.24) is 9.88 Å². The molecule has 7 nitrogen and oxygen atoms in total. The van der Waals surface area contributed by atoms with Crippen molar-refractivity contribution in [3.63, 3.8) is 0 Å². The molecular formula is C18H23N3O4S. The van der Waals surface area contributed by atoms with E-state index in [1.165, 1.54) is 29.4 Å². The zero-order chi connectivity index (χ0) is 19.3. The highest BCUT2D eigenvalue weighted by Crippen LogP contribution is 2.27. The summed E-state index contributed by atoms with van der Waals surface area (Å²) in [7, 11) is -2.37. The van der Waals surface area contributed by atoms with Gasteiger partial charge in [-0.3, -0.25) is 14.5 Å². The summed E-state index contributed by atoms with van der Waals surface area (Å²) in [4.78, 5) is 18.0. The number of amides is 1. The summed E-state index contributed by atoms with van der Waals surface area (Å²) in [5, 5.41) is 0. The smallest absolute Gasteiger partial charge is 0.262 e. The lowest BCUT2D eigenvalue weighted by Crippen LogP contribution is -2.34. The van der Waals surface area contributed by atoms with Crippen molar-refractivity contribution < 1.29 is 17.9 Å². The molecule has 1 N–H and O–H groups in total. The Kier molecular flexibility index (Phi) is 6.20. The summed E-state index contributed by atoms with van der Waals surface area (Å²) in [5.41, 5.74) is 0.326. The fourth-order valence-corrected chi connectivity index (χ4v) is 3.50. The molecule has 8 heteroatoms. The minimum absolute atomic E-state index is 0.0610. The summed E-state index contributed by atoms with van der Waals surface area (Å²) in [5.74, 6) is 0.00590. The van der Waals surface area contributed by atoms with Gasteiger partial charge in [0.15, 0.2) is 0 Å². The van der Waals surface area contributed by atoms with E-state index in [-0.39, 0.29) is 28.1 Å². The molecule has 2 aromatic rings. The zero-order valence-corrected chi connectivity index (χ0v) is 16.1. The molecule has 26 heavy (non-hydrogen) atoms. The number of carbonyl (C=O) groups is 1. The minimum Gasteiger partial charge on any atom is -0.492 e. The topological polar surface area (TPSA) is 88.6 Å². The van der Waals surface area contributed by atoms with Gasteiger partial charge in [0.25, 0.3) is 15.9 Å². The lowest BCUT2D eigenvalue weighted by atomic mass is 10.2. The van der Waals surface area contributed by atoms with Crippen molar-refractivity contribution in [2.24, 2.45) is 0 Å². The third kappa shape index (κ3) is 4.32. The van der Waals surface area contributed by atoms with E-state index in [9.17, 15) is 13.2 Å². The number of nitrogens with zero attached hydrogens (tertiary/aromatic N) is 2. The van der Waals surface area contributed by atoms with Crippen LogP contribution in [0.25, 0.3) is 0 Å². The highest BCUT2D eigenvalue weighted by atomic mass is 32.2. The van der Waals surface area contributed by atoms with Crippen molar-refractivity contribution in [3.05, 3.63) is 48.3 Å². The Morgan fingerprint density at radius 2 is 1.96 bits per heavy atom. The van der Waals surface area contributed by atoms with Crippen LogP contribution in [0.2, 0.25) is 0 Å². The first-order valence-corrected chi connectivity index (χ1v) is 9.72. The van der Waals surface area contributed by atoms with Gasteiger partial charge < -0.3 is 9.64 Å². The minimum atomic E-state index is -4.01. The van der Waals surface area contributed by atoms with Crippen molar-refractivity contribution >= 4 is 21.6 Å². The van der Waals surface area contributed by atoms with Crippen LogP contribution in [0.3, 0.4) is 0 Å². The van der Waals surface area contributed by atoms with Gasteiger partial charge in [-0.25, -0.2) is 8.42 Å². The Morgan fingerprint density at radius 3 is 2.62 bits per heavy atom. The van der Waals surface area contributed by atoms with Crippen LogP contribution in [-0.2, 0) is 10.0 Å². The average molecular weight is 377 g/mol. The van der Waals surface area contributed by atoms with Crippen LogP contribution in [0.4, 0.5) is 5.69 Å². The molecule has 0 atom stereocenters. The molecule has 0 aliphatic rings. The normalized spacial score (nSPS) is 11.3. The Balaban J connectivity index is 2.44. The second-order valence-corrected chi connectivity index (χ2v) is 7.57. The van der Waals surface area contributed by atoms with Crippen LogP contribution < -0.4 is 9.46 Å². The maximum Gasteiger partial charge on any atom is 0.262 e. The molecule has 1 heterocycles. The summed E-state index contributed by atoms with van der Waals surface area (Å²) >= 11 is 0. The Hall–Kier alpha value is -2.61. The molecule has 0 saturated heterocycles. The van der Waals surface area contributed by atoms with Gasteiger partial charge >= 0.3 is 0 Å². The molecule has 1 amide bonds. The second kappa shape index (κ2) is 8.18. The number of carbonyl (C=O) groups excluding carboxylic acids is 1. The van der Waals surface area contributed by atoms with Crippen LogP contribution in [0, 0.1) is 0 Å². The lowest BCUT2D eigenvalue weighted by Gasteiger charge is -2.23. The number of benzene rings is 1. The number of sulfonamides is 1. The summed E-state index contributed by atoms with van der Waals surface area (Å²) in [6.45, 7) is 5.90. The van der Waals surface area contributed by atoms with Gasteiger partial charge in [-0.1, -0.05) is 12.1 Å². The molecule has 0 saturated carbocycles. The number of ether oxygens (including phenoxy) is 1. The van der Waals surface area contributed by atoms with E-state index in [0.29, 0.717) is 12.4 Å². The fourth-order valence-electron chi connectivity index (χ4n) is 2.24. The van der Waals surface area contributed by atoms with Crippen LogP contribution in [-0.4, -0.2) is 43.9 Å². The number of nitrogens with one attached hydrogen (secondary N) is 1. The Labute approximate surface area is 154 Å². The number of anilines is 1. The zero-order valence-electron chi connectivity index (χ0n) is 15.3. The van der Waals surface area contributed by atoms with Gasteiger partial charge in [0.2, 0.25) is 0 Å². The molecular weight excluding hydrogens is 354 g/mol. The van der Waals surface area contributed by atoms with E-state index in [1.54, 1.807) is 32.2 Å². The molecule has 1 aromatic heterocycles. The number of hydrogen-bond donors (Lipinski definition) is 1. The number of hydrogen-bond acceptors (Lipinski definition) is 5. The van der Waals surface area contributed by atoms with Crippen molar-refractivity contribution in [2.45, 2.75) is 31.7 Å². The summed E-state index contributed by atoms with van der Waals surface area (Å²) in [6.07, 6.45) is 2.88. The van der Waals surface area contributed by atoms with Gasteiger partial charge in [0.05, 0.1) is 18.4 Å². The number of aromatic nitrogens is 1. The second-order valence-electron chi connectivity index (χ2n) is 5.92. The SMILES string of the molecule is CCOc1ccncc1NS(=O)(=O)c1ccccc1C(=O)N(C)C(C)C. The lowest BCUT2D eigenvalue weighted by molar-refractivity contribution is 0.0751. The van der Waals surface area contributed by atoms with E-state index in [2.05, 4.69) is 9.71 Å². The van der Waals surface area contributed by atoms with Crippen LogP contribution in [0.1, 0.15) is 31.1 Å². The van der Waals surface area contributed by atoms with E-state index >= 15 is 0 Å². The van der Waals surface area contributed by atoms with Gasteiger partial charge in [-0.2, -0.15) is 0 Å². The number of rotatable bonds is 7. The van der Waals surface area contributed by atoms with Gasteiger partial charge in [-0.15, -0.1) is 0 Å². The fraction of sp³-hybridized carbons (Fsp3) is 0.333. The van der Waals surface area contributed by atoms with E-state index in [0.717, 1.165) is 0 Å². The summed E-state index contributed by atoms with van der Waals surface area (Å²) in [6, 6.07) is 7.63. The molecule has 0 fully saturated rings. The van der Waals surface area contributed by atoms with E-state index in [1.807, 2.05) is 13.8 Å². The quantitative estimate of drug-likeness (QED) is 0.801. The van der Waals surface area contributed by atoms with E-state index < -0.39 is 10.0 Å². The largest absolute Gasteiger partial charge is 0.492 e. The first-order chi connectivity index (χ1) is 12.3. The van der Waals surface area contributed by atoms with Crippen LogP contribution in [0.15, 0.2) is 47.6 Å². The molecule has 0 aliphatic carbocycles. The average Bonchev–Trinajstić information content (AvgIpc) is 2.62. The van der Waals surface area contributed by atoms with Gasteiger partial charge in [-0.05, 0) is 32.9 Å². The highest BCUT2D eigenvalue weighted by Gasteiger charge is 2.25. The molecule has 0 aliphatic heterocycles. The molecule has 2 rings (SSSR count). The summed E-state index contributed by atoms with van der Waals surface area (Å²) < 4.78 is 33.7. The molecule has 0 unspecified atom stereocenters. The van der Waals surface area contributed by atoms with E-state index in [4.69, 9.17) is 4.74 Å². The van der Waals surface area contributed by atoms with Crippen LogP contribution in [0.5, 0.6) is 5.75 Å². The molecule has 0 radical (unpaired) electrons. The Morgan fingerprint density at radius 1 is 1.27 bits per heavy atom. The molecule has 0 bridgehead atoms.